The van der Waals surface area contributed by atoms with Crippen molar-refractivity contribution in [1.29, 1.82) is 0 Å². The van der Waals surface area contributed by atoms with E-state index in [0.29, 0.717) is 25.3 Å². The highest BCUT2D eigenvalue weighted by Crippen LogP contribution is 2.23. The van der Waals surface area contributed by atoms with Crippen LogP contribution in [0.2, 0.25) is 0 Å². The number of fused-ring (bicyclic) bond motifs is 2. The Labute approximate surface area is 150 Å². The molecular weight excluding hydrogens is 328 g/mol. The molecule has 1 aliphatic carbocycles. The van der Waals surface area contributed by atoms with Crippen molar-refractivity contribution in [3.8, 4) is 0 Å². The van der Waals surface area contributed by atoms with E-state index < -0.39 is 0 Å². The lowest BCUT2D eigenvalue weighted by molar-refractivity contribution is 0.0453. The van der Waals surface area contributed by atoms with E-state index in [1.165, 1.54) is 0 Å². The molecule has 0 saturated carbocycles. The largest absolute Gasteiger partial charge is 0.351 e. The number of aromatic amines is 1. The molecule has 2 aliphatic rings. The Balaban J connectivity index is 1.26. The number of aryl methyl sites for hydroxylation is 2. The van der Waals surface area contributed by atoms with Crippen molar-refractivity contribution in [2.75, 3.05) is 13.1 Å². The van der Waals surface area contributed by atoms with Gasteiger partial charge in [-0.25, -0.2) is 4.68 Å². The molecule has 26 heavy (non-hydrogen) atoms. The van der Waals surface area contributed by atoms with Crippen LogP contribution in [0.15, 0.2) is 41.2 Å². The van der Waals surface area contributed by atoms with E-state index in [1.54, 1.807) is 10.7 Å². The molecule has 3 aromatic rings. The molecule has 0 unspecified atom stereocenters. The zero-order valence-corrected chi connectivity index (χ0v) is 14.4. The second-order valence-corrected chi connectivity index (χ2v) is 7.34. The number of amides is 1. The van der Waals surface area contributed by atoms with Gasteiger partial charge in [-0.15, -0.1) is 0 Å². The average molecular weight is 348 g/mol. The van der Waals surface area contributed by atoms with Crippen LogP contribution < -0.4 is 5.56 Å². The zero-order valence-electron chi connectivity index (χ0n) is 14.4. The number of hydrogen-bond acceptors (Lipinski definition) is 3. The first-order valence-electron chi connectivity index (χ1n) is 9.14. The van der Waals surface area contributed by atoms with Crippen LogP contribution in [0.3, 0.4) is 0 Å². The topological polar surface area (TPSA) is 71.0 Å². The Morgan fingerprint density at radius 3 is 2.88 bits per heavy atom. The monoisotopic (exact) mass is 348 g/mol. The summed E-state index contributed by atoms with van der Waals surface area (Å²) in [6.45, 7) is 1.92. The Morgan fingerprint density at radius 1 is 1.19 bits per heavy atom. The van der Waals surface area contributed by atoms with Gasteiger partial charge < -0.3 is 9.88 Å². The van der Waals surface area contributed by atoms with Crippen molar-refractivity contribution >= 4 is 16.8 Å². The first-order valence-corrected chi connectivity index (χ1v) is 9.14. The number of aromatic nitrogens is 3. The van der Waals surface area contributed by atoms with E-state index in [1.807, 2.05) is 35.2 Å². The summed E-state index contributed by atoms with van der Waals surface area (Å²) >= 11 is 0. The van der Waals surface area contributed by atoms with Gasteiger partial charge in [0.1, 0.15) is 5.69 Å². The highest BCUT2D eigenvalue weighted by molar-refractivity contribution is 5.98. The number of carbonyl (C=O) groups is 1. The minimum Gasteiger partial charge on any atom is -0.351 e. The molecule has 3 heterocycles. The second-order valence-electron chi connectivity index (χ2n) is 7.34. The smallest absolute Gasteiger partial charge is 0.270 e. The molecule has 1 saturated heterocycles. The predicted molar refractivity (Wildman–Crippen MR) is 98.2 cm³/mol. The van der Waals surface area contributed by atoms with Crippen LogP contribution in [-0.2, 0) is 19.4 Å². The maximum Gasteiger partial charge on any atom is 0.270 e. The molecule has 1 aromatic carbocycles. The maximum absolute atomic E-state index is 12.6. The van der Waals surface area contributed by atoms with E-state index in [2.05, 4.69) is 10.1 Å². The van der Waals surface area contributed by atoms with Crippen molar-refractivity contribution in [2.45, 2.75) is 25.8 Å². The van der Waals surface area contributed by atoms with Crippen molar-refractivity contribution in [1.82, 2.24) is 19.7 Å². The van der Waals surface area contributed by atoms with Crippen LogP contribution in [0.5, 0.6) is 0 Å². The summed E-state index contributed by atoms with van der Waals surface area (Å²) < 4.78 is 1.58. The van der Waals surface area contributed by atoms with Crippen molar-refractivity contribution in [3.05, 3.63) is 63.7 Å². The molecule has 0 radical (unpaired) electrons. The van der Waals surface area contributed by atoms with E-state index in [4.69, 9.17) is 0 Å². The van der Waals surface area contributed by atoms with Crippen LogP contribution in [0, 0.1) is 5.92 Å². The Kier molecular flexibility index (Phi) is 3.45. The average Bonchev–Trinajstić information content (AvgIpc) is 3.23. The zero-order chi connectivity index (χ0) is 17.7. The molecular formula is C20H20N4O2. The summed E-state index contributed by atoms with van der Waals surface area (Å²) in [5, 5.41) is 5.57. The van der Waals surface area contributed by atoms with Gasteiger partial charge in [-0.05, 0) is 37.0 Å². The number of rotatable bonds is 3. The van der Waals surface area contributed by atoms with Crippen LogP contribution >= 0.6 is 0 Å². The molecule has 1 fully saturated rings. The van der Waals surface area contributed by atoms with Crippen LogP contribution in [0.1, 0.15) is 28.2 Å². The van der Waals surface area contributed by atoms with E-state index in [0.717, 1.165) is 41.4 Å². The molecule has 1 amide bonds. The second kappa shape index (κ2) is 5.83. The molecule has 0 spiro atoms. The molecule has 5 rings (SSSR count). The van der Waals surface area contributed by atoms with Crippen LogP contribution in [-0.4, -0.2) is 38.7 Å². The van der Waals surface area contributed by atoms with Gasteiger partial charge in [0.15, 0.2) is 0 Å². The highest BCUT2D eigenvalue weighted by atomic mass is 16.2. The van der Waals surface area contributed by atoms with Gasteiger partial charge >= 0.3 is 0 Å². The minimum atomic E-state index is -0.0222. The fourth-order valence-corrected chi connectivity index (χ4v) is 4.02. The summed E-state index contributed by atoms with van der Waals surface area (Å²) in [6, 6.07) is 11.5. The molecule has 6 heteroatoms. The summed E-state index contributed by atoms with van der Waals surface area (Å²) in [5.74, 6) is 0.305. The molecule has 0 bridgehead atoms. The molecule has 1 aliphatic heterocycles. The van der Waals surface area contributed by atoms with Gasteiger partial charge in [-0.2, -0.15) is 5.10 Å². The number of nitrogens with one attached hydrogen (secondary N) is 1. The third-order valence-electron chi connectivity index (χ3n) is 5.46. The Morgan fingerprint density at radius 2 is 2.04 bits per heavy atom. The summed E-state index contributed by atoms with van der Waals surface area (Å²) in [4.78, 5) is 29.8. The number of para-hydroxylation sites is 1. The number of nitrogens with zero attached hydrogens (tertiary/aromatic N) is 3. The lowest BCUT2D eigenvalue weighted by atomic mass is 9.99. The van der Waals surface area contributed by atoms with Crippen molar-refractivity contribution in [3.63, 3.8) is 0 Å². The SMILES string of the molecule is O=C(c1cc2ccccc2[nH]1)N1CC(Cn2nc3c(cc2=O)CCC3)C1. The van der Waals surface area contributed by atoms with Gasteiger partial charge in [0.25, 0.3) is 11.5 Å². The fourth-order valence-electron chi connectivity index (χ4n) is 4.02. The summed E-state index contributed by atoms with van der Waals surface area (Å²) in [5.41, 5.74) is 3.75. The van der Waals surface area contributed by atoms with Gasteiger partial charge in [-0.1, -0.05) is 18.2 Å². The van der Waals surface area contributed by atoms with E-state index in [-0.39, 0.29) is 17.4 Å². The number of hydrogen-bond donors (Lipinski definition) is 1. The molecule has 0 atom stereocenters. The predicted octanol–water partition coefficient (Wildman–Crippen LogP) is 1.99. The van der Waals surface area contributed by atoms with Gasteiger partial charge in [0, 0.05) is 36.0 Å². The normalized spacial score (nSPS) is 16.7. The molecule has 1 N–H and O–H groups in total. The summed E-state index contributed by atoms with van der Waals surface area (Å²) in [6.07, 6.45) is 3.02. The minimum absolute atomic E-state index is 0.0201. The quantitative estimate of drug-likeness (QED) is 0.787. The number of benzene rings is 1. The fraction of sp³-hybridized carbons (Fsp3) is 0.350. The maximum atomic E-state index is 12.6. The van der Waals surface area contributed by atoms with E-state index in [9.17, 15) is 9.59 Å². The highest BCUT2D eigenvalue weighted by Gasteiger charge is 2.32. The lowest BCUT2D eigenvalue weighted by Gasteiger charge is -2.39. The van der Waals surface area contributed by atoms with E-state index >= 15 is 0 Å². The Bertz CT molecular complexity index is 1030. The van der Waals surface area contributed by atoms with Gasteiger partial charge in [-0.3, -0.25) is 9.59 Å². The first-order chi connectivity index (χ1) is 12.7. The van der Waals surface area contributed by atoms with Gasteiger partial charge in [0.05, 0.1) is 12.2 Å². The third kappa shape index (κ3) is 2.53. The standard InChI is InChI=1S/C20H20N4O2/c25-19-9-15-5-3-7-17(15)22-24(19)12-13-10-23(11-13)20(26)18-8-14-4-1-2-6-16(14)21-18/h1-2,4,6,8-9,13,21H,3,5,7,10-12H2. The third-order valence-corrected chi connectivity index (χ3v) is 5.46. The molecule has 6 nitrogen and oxygen atoms in total. The molecule has 2 aromatic heterocycles. The van der Waals surface area contributed by atoms with Crippen molar-refractivity contribution < 1.29 is 4.79 Å². The lowest BCUT2D eigenvalue weighted by Crippen LogP contribution is -2.52. The van der Waals surface area contributed by atoms with Crippen LogP contribution in [0.4, 0.5) is 0 Å². The van der Waals surface area contributed by atoms with Crippen molar-refractivity contribution in [2.24, 2.45) is 5.92 Å². The van der Waals surface area contributed by atoms with Crippen LogP contribution in [0.25, 0.3) is 10.9 Å². The Hall–Kier alpha value is -2.89. The number of carbonyl (C=O) groups excluding carboxylic acids is 1. The number of H-pyrrole nitrogens is 1. The molecule has 132 valence electrons. The number of likely N-dealkylation sites (tertiary alicyclic amines) is 1. The first kappa shape index (κ1) is 15.4. The van der Waals surface area contributed by atoms with Gasteiger partial charge in [0.2, 0.25) is 0 Å². The summed E-state index contributed by atoms with van der Waals surface area (Å²) in [7, 11) is 0.